The Morgan fingerprint density at radius 2 is 2.00 bits per heavy atom. The van der Waals surface area contributed by atoms with E-state index >= 15 is 0 Å². The summed E-state index contributed by atoms with van der Waals surface area (Å²) in [5.74, 6) is -0.684. The van der Waals surface area contributed by atoms with Crippen LogP contribution in [0.5, 0.6) is 0 Å². The summed E-state index contributed by atoms with van der Waals surface area (Å²) in [6, 6.07) is 8.22. The lowest BCUT2D eigenvalue weighted by atomic mass is 9.81. The Bertz CT molecular complexity index is 518. The predicted octanol–water partition coefficient (Wildman–Crippen LogP) is 3.95. The zero-order chi connectivity index (χ0) is 14.9. The van der Waals surface area contributed by atoms with Gasteiger partial charge < -0.3 is 5.11 Å². The number of hydrogen-bond acceptors (Lipinski definition) is 3. The molecule has 0 aliphatic heterocycles. The molecule has 1 aromatic rings. The predicted molar refractivity (Wildman–Crippen MR) is 86.1 cm³/mol. The van der Waals surface area contributed by atoms with E-state index < -0.39 is 11.5 Å². The molecule has 0 saturated heterocycles. The van der Waals surface area contributed by atoms with Gasteiger partial charge in [0.2, 0.25) is 0 Å². The zero-order valence-corrected chi connectivity index (χ0v) is 13.4. The van der Waals surface area contributed by atoms with E-state index in [0.29, 0.717) is 17.7 Å². The lowest BCUT2D eigenvalue weighted by Gasteiger charge is -2.38. The molecule has 2 atom stereocenters. The lowest BCUT2D eigenvalue weighted by Crippen LogP contribution is -2.56. The van der Waals surface area contributed by atoms with E-state index in [0.717, 1.165) is 42.0 Å². The molecule has 2 saturated carbocycles. The average molecular weight is 326 g/mol. The van der Waals surface area contributed by atoms with E-state index in [4.69, 9.17) is 11.6 Å². The van der Waals surface area contributed by atoms with Crippen LogP contribution in [0.15, 0.2) is 29.2 Å². The minimum Gasteiger partial charge on any atom is -0.480 e. The van der Waals surface area contributed by atoms with Crippen LogP contribution < -0.4 is 5.32 Å². The molecule has 2 aliphatic rings. The first-order valence-corrected chi connectivity index (χ1v) is 8.76. The van der Waals surface area contributed by atoms with Crippen LogP contribution in [0.2, 0.25) is 5.02 Å². The molecule has 0 amide bonds. The zero-order valence-electron chi connectivity index (χ0n) is 11.8. The summed E-state index contributed by atoms with van der Waals surface area (Å²) in [7, 11) is 0. The Morgan fingerprint density at radius 3 is 2.62 bits per heavy atom. The number of carbonyl (C=O) groups is 1. The highest BCUT2D eigenvalue weighted by Crippen LogP contribution is 2.40. The maximum Gasteiger partial charge on any atom is 0.323 e. The van der Waals surface area contributed by atoms with Crippen molar-refractivity contribution in [2.75, 3.05) is 0 Å². The van der Waals surface area contributed by atoms with Crippen molar-refractivity contribution in [3.8, 4) is 0 Å². The monoisotopic (exact) mass is 325 g/mol. The van der Waals surface area contributed by atoms with Crippen LogP contribution in [0, 0.1) is 0 Å². The topological polar surface area (TPSA) is 49.3 Å². The van der Waals surface area contributed by atoms with E-state index in [1.807, 2.05) is 24.3 Å². The second-order valence-electron chi connectivity index (χ2n) is 6.10. The van der Waals surface area contributed by atoms with Crippen molar-refractivity contribution < 1.29 is 9.90 Å². The van der Waals surface area contributed by atoms with Crippen molar-refractivity contribution in [2.45, 2.75) is 60.3 Å². The van der Waals surface area contributed by atoms with Crippen LogP contribution in [0.3, 0.4) is 0 Å². The highest BCUT2D eigenvalue weighted by molar-refractivity contribution is 8.00. The van der Waals surface area contributed by atoms with Crippen molar-refractivity contribution in [2.24, 2.45) is 0 Å². The van der Waals surface area contributed by atoms with Gasteiger partial charge in [-0.1, -0.05) is 11.6 Å². The molecule has 0 bridgehead atoms. The first-order chi connectivity index (χ1) is 10.1. The number of benzene rings is 1. The Kier molecular flexibility index (Phi) is 4.48. The fourth-order valence-electron chi connectivity index (χ4n) is 3.04. The molecule has 2 fully saturated rings. The quantitative estimate of drug-likeness (QED) is 0.860. The van der Waals surface area contributed by atoms with Crippen LogP contribution in [0.25, 0.3) is 0 Å². The number of carboxylic acid groups (broad SMARTS) is 1. The van der Waals surface area contributed by atoms with Crippen molar-refractivity contribution >= 4 is 29.3 Å². The normalized spacial score (nSPS) is 29.3. The number of thioether (sulfide) groups is 1. The highest BCUT2D eigenvalue weighted by Gasteiger charge is 2.46. The first kappa shape index (κ1) is 15.2. The molecule has 3 nitrogen and oxygen atoms in total. The Morgan fingerprint density at radius 1 is 1.29 bits per heavy atom. The lowest BCUT2D eigenvalue weighted by molar-refractivity contribution is -0.146. The molecular formula is C16H20ClNO2S. The van der Waals surface area contributed by atoms with Crippen LogP contribution in [-0.2, 0) is 4.79 Å². The summed E-state index contributed by atoms with van der Waals surface area (Å²) in [5, 5.41) is 14.2. The SMILES string of the molecule is O=C(O)C1(NC2CC2)CCCC(Sc2ccc(Cl)cc2)C1. The summed E-state index contributed by atoms with van der Waals surface area (Å²) < 4.78 is 0. The van der Waals surface area contributed by atoms with E-state index in [1.165, 1.54) is 0 Å². The van der Waals surface area contributed by atoms with Gasteiger partial charge in [-0.15, -0.1) is 11.8 Å². The fourth-order valence-corrected chi connectivity index (χ4v) is 4.49. The largest absolute Gasteiger partial charge is 0.480 e. The van der Waals surface area contributed by atoms with Gasteiger partial charge in [-0.25, -0.2) is 0 Å². The Hall–Kier alpha value is -0.710. The molecule has 2 unspecified atom stereocenters. The molecule has 0 heterocycles. The fraction of sp³-hybridized carbons (Fsp3) is 0.562. The summed E-state index contributed by atoms with van der Waals surface area (Å²) in [6.07, 6.45) is 5.72. The Balaban J connectivity index is 1.68. The molecule has 0 radical (unpaired) electrons. The number of nitrogens with one attached hydrogen (secondary N) is 1. The smallest absolute Gasteiger partial charge is 0.323 e. The van der Waals surface area contributed by atoms with Gasteiger partial charge in [0.05, 0.1) is 0 Å². The van der Waals surface area contributed by atoms with Crippen molar-refractivity contribution in [1.29, 1.82) is 0 Å². The molecule has 2 aliphatic carbocycles. The maximum absolute atomic E-state index is 11.8. The van der Waals surface area contributed by atoms with Gasteiger partial charge in [0.25, 0.3) is 0 Å². The van der Waals surface area contributed by atoms with Gasteiger partial charge in [-0.3, -0.25) is 10.1 Å². The second kappa shape index (κ2) is 6.19. The molecular weight excluding hydrogens is 306 g/mol. The van der Waals surface area contributed by atoms with E-state index in [1.54, 1.807) is 11.8 Å². The third-order valence-electron chi connectivity index (χ3n) is 4.29. The third kappa shape index (κ3) is 3.74. The molecule has 1 aromatic carbocycles. The van der Waals surface area contributed by atoms with Crippen molar-refractivity contribution in [3.63, 3.8) is 0 Å². The summed E-state index contributed by atoms with van der Waals surface area (Å²) in [4.78, 5) is 13.0. The van der Waals surface area contributed by atoms with Gasteiger partial charge in [-0.2, -0.15) is 0 Å². The summed E-state index contributed by atoms with van der Waals surface area (Å²) >= 11 is 7.69. The van der Waals surface area contributed by atoms with Crippen LogP contribution >= 0.6 is 23.4 Å². The van der Waals surface area contributed by atoms with E-state index in [-0.39, 0.29) is 0 Å². The third-order valence-corrected chi connectivity index (χ3v) is 5.82. The number of carboxylic acids is 1. The molecule has 114 valence electrons. The molecule has 0 spiro atoms. The molecule has 5 heteroatoms. The molecule has 3 rings (SSSR count). The summed E-state index contributed by atoms with van der Waals surface area (Å²) in [5.41, 5.74) is -0.719. The number of aliphatic carboxylic acids is 1. The van der Waals surface area contributed by atoms with Crippen molar-refractivity contribution in [1.82, 2.24) is 5.32 Å². The first-order valence-electron chi connectivity index (χ1n) is 7.51. The van der Waals surface area contributed by atoms with Crippen molar-refractivity contribution in [3.05, 3.63) is 29.3 Å². The maximum atomic E-state index is 11.8. The van der Waals surface area contributed by atoms with Crippen LogP contribution in [0.4, 0.5) is 0 Å². The van der Waals surface area contributed by atoms with Crippen LogP contribution in [-0.4, -0.2) is 27.9 Å². The molecule has 2 N–H and O–H groups in total. The minimum atomic E-state index is -0.719. The van der Waals surface area contributed by atoms with E-state index in [2.05, 4.69) is 5.32 Å². The van der Waals surface area contributed by atoms with Gasteiger partial charge >= 0.3 is 5.97 Å². The number of halogens is 1. The highest BCUT2D eigenvalue weighted by atomic mass is 35.5. The Labute approximate surface area is 134 Å². The summed E-state index contributed by atoms with van der Waals surface area (Å²) in [6.45, 7) is 0. The van der Waals surface area contributed by atoms with Gasteiger partial charge in [0, 0.05) is 21.2 Å². The number of hydrogen-bond donors (Lipinski definition) is 2. The molecule has 21 heavy (non-hydrogen) atoms. The van der Waals surface area contributed by atoms with E-state index in [9.17, 15) is 9.90 Å². The van der Waals surface area contributed by atoms with Crippen LogP contribution in [0.1, 0.15) is 38.5 Å². The van der Waals surface area contributed by atoms with Gasteiger partial charge in [-0.05, 0) is 62.8 Å². The standard InChI is InChI=1S/C16H20ClNO2S/c17-11-3-7-13(8-4-11)21-14-2-1-9-16(10-14,15(19)20)18-12-5-6-12/h3-4,7-8,12,14,18H,1-2,5-6,9-10H2,(H,19,20). The van der Waals surface area contributed by atoms with Gasteiger partial charge in [0.1, 0.15) is 5.54 Å². The number of rotatable bonds is 5. The minimum absolute atomic E-state index is 0.349. The second-order valence-corrected chi connectivity index (χ2v) is 7.91. The molecule has 0 aromatic heterocycles. The van der Waals surface area contributed by atoms with Gasteiger partial charge in [0.15, 0.2) is 0 Å². The average Bonchev–Trinajstić information content (AvgIpc) is 3.25.